The Morgan fingerprint density at radius 3 is 2.90 bits per heavy atom. The van der Waals surface area contributed by atoms with Crippen molar-refractivity contribution in [1.82, 2.24) is 5.32 Å². The van der Waals surface area contributed by atoms with Gasteiger partial charge in [0, 0.05) is 11.4 Å². The molecule has 0 aliphatic heterocycles. The van der Waals surface area contributed by atoms with Crippen LogP contribution in [0.25, 0.3) is 0 Å². The maximum Gasteiger partial charge on any atom is 0.0599 e. The molecule has 10 heavy (non-hydrogen) atoms. The lowest BCUT2D eigenvalue weighted by molar-refractivity contribution is 0.831. The topological polar surface area (TPSA) is 12.0 Å². The number of thioether (sulfide) groups is 1. The Morgan fingerprint density at radius 1 is 1.60 bits per heavy atom. The molecule has 0 unspecified atom stereocenters. The normalized spacial score (nSPS) is 10.2. The van der Waals surface area contributed by atoms with Gasteiger partial charge in [-0.25, -0.2) is 0 Å². The van der Waals surface area contributed by atoms with Crippen molar-refractivity contribution in [2.24, 2.45) is 0 Å². The highest BCUT2D eigenvalue weighted by Crippen LogP contribution is 2.24. The van der Waals surface area contributed by atoms with Crippen LogP contribution in [-0.4, -0.2) is 13.3 Å². The third-order valence-corrected chi connectivity index (χ3v) is 3.36. The van der Waals surface area contributed by atoms with Crippen LogP contribution in [0.15, 0.2) is 16.3 Å². The lowest BCUT2D eigenvalue weighted by atomic mass is 10.5. The molecule has 0 bridgehead atoms. The molecule has 1 aromatic heterocycles. The average molecular weight is 173 g/mol. The first-order valence-electron chi connectivity index (χ1n) is 3.14. The van der Waals surface area contributed by atoms with Crippen LogP contribution in [0, 0.1) is 0 Å². The number of hydrogen-bond donors (Lipinski definition) is 1. The zero-order valence-corrected chi connectivity index (χ0v) is 7.81. The number of thiophene rings is 1. The molecule has 3 heteroatoms. The molecular weight excluding hydrogens is 162 g/mol. The molecule has 0 saturated heterocycles. The molecule has 1 N–H and O–H groups in total. The second-order valence-corrected chi connectivity index (χ2v) is 4.23. The summed E-state index contributed by atoms with van der Waals surface area (Å²) in [4.78, 5) is 1.41. The summed E-state index contributed by atoms with van der Waals surface area (Å²) >= 11 is 3.66. The van der Waals surface area contributed by atoms with Crippen LogP contribution in [0.1, 0.15) is 4.88 Å². The van der Waals surface area contributed by atoms with Gasteiger partial charge in [-0.3, -0.25) is 0 Å². The molecule has 1 rings (SSSR count). The fourth-order valence-corrected chi connectivity index (χ4v) is 2.34. The van der Waals surface area contributed by atoms with Crippen LogP contribution in [0.4, 0.5) is 0 Å². The Hall–Kier alpha value is 0.01000. The van der Waals surface area contributed by atoms with Crippen LogP contribution in [0.3, 0.4) is 0 Å². The fraction of sp³-hybridized carbons (Fsp3) is 0.429. The molecule has 1 aromatic rings. The SMILES string of the molecule is CNCc1ccc(SC)s1. The maximum atomic E-state index is 3.12. The van der Waals surface area contributed by atoms with Gasteiger partial charge in [0.1, 0.15) is 0 Å². The lowest BCUT2D eigenvalue weighted by Crippen LogP contribution is -2.02. The quantitative estimate of drug-likeness (QED) is 0.703. The van der Waals surface area contributed by atoms with Crippen LogP contribution in [0.5, 0.6) is 0 Å². The summed E-state index contributed by atoms with van der Waals surface area (Å²) in [6.07, 6.45) is 2.11. The zero-order valence-electron chi connectivity index (χ0n) is 6.18. The Labute approximate surface area is 69.8 Å². The molecule has 0 radical (unpaired) electrons. The minimum absolute atomic E-state index is 0.991. The maximum absolute atomic E-state index is 3.12. The van der Waals surface area contributed by atoms with Crippen molar-refractivity contribution in [1.29, 1.82) is 0 Å². The molecule has 0 aliphatic carbocycles. The summed E-state index contributed by atoms with van der Waals surface area (Å²) in [5.41, 5.74) is 0. The summed E-state index contributed by atoms with van der Waals surface area (Å²) in [5.74, 6) is 0. The Balaban J connectivity index is 2.59. The third kappa shape index (κ3) is 2.01. The van der Waals surface area contributed by atoms with Gasteiger partial charge in [-0.15, -0.1) is 23.1 Å². The predicted molar refractivity (Wildman–Crippen MR) is 48.9 cm³/mol. The van der Waals surface area contributed by atoms with Crippen molar-refractivity contribution in [2.75, 3.05) is 13.3 Å². The molecule has 1 heterocycles. The van der Waals surface area contributed by atoms with Gasteiger partial charge < -0.3 is 5.32 Å². The highest BCUT2D eigenvalue weighted by atomic mass is 32.2. The number of hydrogen-bond acceptors (Lipinski definition) is 3. The van der Waals surface area contributed by atoms with Gasteiger partial charge in [0.05, 0.1) is 4.21 Å². The standard InChI is InChI=1S/C7H11NS2/c1-8-5-6-3-4-7(9-2)10-6/h3-4,8H,5H2,1-2H3. The predicted octanol–water partition coefficient (Wildman–Crippen LogP) is 2.19. The van der Waals surface area contributed by atoms with Crippen LogP contribution in [0.2, 0.25) is 0 Å². The first-order valence-corrected chi connectivity index (χ1v) is 5.18. The van der Waals surface area contributed by atoms with Gasteiger partial charge in [-0.2, -0.15) is 0 Å². The Morgan fingerprint density at radius 2 is 2.40 bits per heavy atom. The fourth-order valence-electron chi connectivity index (χ4n) is 0.737. The van der Waals surface area contributed by atoms with E-state index in [-0.39, 0.29) is 0 Å². The van der Waals surface area contributed by atoms with Crippen molar-refractivity contribution in [3.8, 4) is 0 Å². The first-order chi connectivity index (χ1) is 4.86. The van der Waals surface area contributed by atoms with Crippen molar-refractivity contribution >= 4 is 23.1 Å². The minimum atomic E-state index is 0.991. The minimum Gasteiger partial charge on any atom is -0.315 e. The molecule has 0 atom stereocenters. The highest BCUT2D eigenvalue weighted by molar-refractivity contribution is 8.00. The van der Waals surface area contributed by atoms with Gasteiger partial charge in [0.2, 0.25) is 0 Å². The molecule has 0 saturated carbocycles. The summed E-state index contributed by atoms with van der Waals surface area (Å²) in [5, 5.41) is 3.12. The number of rotatable bonds is 3. The van der Waals surface area contributed by atoms with E-state index in [2.05, 4.69) is 23.7 Å². The summed E-state index contributed by atoms with van der Waals surface area (Å²) in [6, 6.07) is 4.34. The van der Waals surface area contributed by atoms with Crippen molar-refractivity contribution in [3.05, 3.63) is 17.0 Å². The van der Waals surface area contributed by atoms with E-state index in [1.807, 2.05) is 18.4 Å². The highest BCUT2D eigenvalue weighted by Gasteiger charge is 1.95. The van der Waals surface area contributed by atoms with E-state index in [0.717, 1.165) is 6.54 Å². The van der Waals surface area contributed by atoms with E-state index in [9.17, 15) is 0 Å². The molecule has 0 aromatic carbocycles. The van der Waals surface area contributed by atoms with E-state index < -0.39 is 0 Å². The van der Waals surface area contributed by atoms with E-state index in [1.54, 1.807) is 11.8 Å². The van der Waals surface area contributed by atoms with E-state index in [4.69, 9.17) is 0 Å². The molecule has 0 spiro atoms. The Bertz CT molecular complexity index is 195. The third-order valence-electron chi connectivity index (χ3n) is 1.19. The summed E-state index contributed by atoms with van der Waals surface area (Å²) in [6.45, 7) is 0.991. The van der Waals surface area contributed by atoms with Gasteiger partial charge in [0.25, 0.3) is 0 Å². The van der Waals surface area contributed by atoms with Gasteiger partial charge >= 0.3 is 0 Å². The molecule has 0 aliphatic rings. The van der Waals surface area contributed by atoms with Crippen molar-refractivity contribution in [2.45, 2.75) is 10.8 Å². The van der Waals surface area contributed by atoms with E-state index in [0.29, 0.717) is 0 Å². The van der Waals surface area contributed by atoms with Gasteiger partial charge in [-0.1, -0.05) is 0 Å². The van der Waals surface area contributed by atoms with Gasteiger partial charge in [0.15, 0.2) is 0 Å². The molecule has 56 valence electrons. The van der Waals surface area contributed by atoms with Gasteiger partial charge in [-0.05, 0) is 25.4 Å². The molecule has 0 amide bonds. The van der Waals surface area contributed by atoms with Crippen LogP contribution >= 0.6 is 23.1 Å². The van der Waals surface area contributed by atoms with Crippen molar-refractivity contribution in [3.63, 3.8) is 0 Å². The smallest absolute Gasteiger partial charge is 0.0599 e. The number of nitrogens with one attached hydrogen (secondary N) is 1. The van der Waals surface area contributed by atoms with Crippen LogP contribution < -0.4 is 5.32 Å². The zero-order chi connectivity index (χ0) is 7.40. The second kappa shape index (κ2) is 4.01. The first kappa shape index (κ1) is 8.11. The average Bonchev–Trinajstić information content (AvgIpc) is 2.37. The summed E-state index contributed by atoms with van der Waals surface area (Å²) in [7, 11) is 1.97. The van der Waals surface area contributed by atoms with E-state index >= 15 is 0 Å². The lowest BCUT2D eigenvalue weighted by Gasteiger charge is -1.90. The largest absolute Gasteiger partial charge is 0.315 e. The Kier molecular flexibility index (Phi) is 3.25. The van der Waals surface area contributed by atoms with Crippen LogP contribution in [-0.2, 0) is 6.54 Å². The molecular formula is C7H11NS2. The van der Waals surface area contributed by atoms with Crippen molar-refractivity contribution < 1.29 is 0 Å². The monoisotopic (exact) mass is 173 g/mol. The molecule has 1 nitrogen and oxygen atoms in total. The summed E-state index contributed by atoms with van der Waals surface area (Å²) < 4.78 is 1.39. The van der Waals surface area contributed by atoms with E-state index in [1.165, 1.54) is 9.09 Å². The second-order valence-electron chi connectivity index (χ2n) is 1.96. The molecule has 0 fully saturated rings.